The normalized spacial score (nSPS) is 16.0. The number of quaternary nitrogens is 1. The fraction of sp³-hybridized carbons (Fsp3) is 0.588. The Morgan fingerprint density at radius 1 is 1.17 bits per heavy atom. The van der Waals surface area contributed by atoms with Crippen LogP contribution in [0.25, 0.3) is 0 Å². The molecule has 0 amide bonds. The number of carbonyl (C=O) groups is 1. The first-order valence-corrected chi connectivity index (χ1v) is 8.65. The molecule has 0 radical (unpaired) electrons. The van der Waals surface area contributed by atoms with Crippen molar-refractivity contribution >= 4 is 21.9 Å². The third kappa shape index (κ3) is 4.18. The van der Waals surface area contributed by atoms with E-state index >= 15 is 0 Å². The molecule has 0 bridgehead atoms. The molecular formula is C17H25BrNO4+. The first-order chi connectivity index (χ1) is 10.9. The smallest absolute Gasteiger partial charge is 0.342 e. The predicted molar refractivity (Wildman–Crippen MR) is 91.1 cm³/mol. The van der Waals surface area contributed by atoms with Crippen LogP contribution in [0.5, 0.6) is 11.5 Å². The van der Waals surface area contributed by atoms with Crippen LogP contribution in [0.2, 0.25) is 0 Å². The van der Waals surface area contributed by atoms with Crippen LogP contribution in [-0.2, 0) is 4.74 Å². The van der Waals surface area contributed by atoms with Gasteiger partial charge in [-0.1, -0.05) is 0 Å². The molecule has 2 rings (SSSR count). The summed E-state index contributed by atoms with van der Waals surface area (Å²) in [6.07, 6.45) is 2.12. The highest BCUT2D eigenvalue weighted by Gasteiger charge is 2.36. The van der Waals surface area contributed by atoms with Crippen molar-refractivity contribution in [3.05, 3.63) is 22.2 Å². The van der Waals surface area contributed by atoms with E-state index in [0.29, 0.717) is 27.5 Å². The van der Waals surface area contributed by atoms with Gasteiger partial charge in [0.25, 0.3) is 0 Å². The summed E-state index contributed by atoms with van der Waals surface area (Å²) in [5.74, 6) is 1.07. The molecule has 6 heteroatoms. The molecule has 5 nitrogen and oxygen atoms in total. The van der Waals surface area contributed by atoms with Gasteiger partial charge in [-0.3, -0.25) is 0 Å². The van der Waals surface area contributed by atoms with Crippen molar-refractivity contribution in [3.63, 3.8) is 0 Å². The van der Waals surface area contributed by atoms with E-state index in [1.165, 1.54) is 7.11 Å². The van der Waals surface area contributed by atoms with Gasteiger partial charge in [0, 0.05) is 24.8 Å². The second kappa shape index (κ2) is 7.53. The van der Waals surface area contributed by atoms with Crippen LogP contribution < -0.4 is 14.8 Å². The van der Waals surface area contributed by atoms with Gasteiger partial charge in [-0.15, -0.1) is 0 Å². The Morgan fingerprint density at radius 3 is 2.35 bits per heavy atom. The Balaban J connectivity index is 2.21. The fourth-order valence-corrected chi connectivity index (χ4v) is 3.52. The number of hydrogen-bond donors (Lipinski definition) is 1. The average Bonchev–Trinajstić information content (AvgIpc) is 2.55. The van der Waals surface area contributed by atoms with Gasteiger partial charge in [-0.05, 0) is 35.8 Å². The Labute approximate surface area is 145 Å². The average molecular weight is 387 g/mol. The fourth-order valence-electron chi connectivity index (χ4n) is 3.02. The minimum absolute atomic E-state index is 0.371. The van der Waals surface area contributed by atoms with E-state index in [1.54, 1.807) is 19.2 Å². The zero-order valence-electron chi connectivity index (χ0n) is 14.1. The van der Waals surface area contributed by atoms with E-state index in [4.69, 9.17) is 14.2 Å². The molecule has 0 aromatic heterocycles. The minimum atomic E-state index is -0.497. The molecule has 1 aromatic rings. The van der Waals surface area contributed by atoms with Crippen molar-refractivity contribution in [3.8, 4) is 11.5 Å². The molecule has 1 aliphatic rings. The number of esters is 1. The quantitative estimate of drug-likeness (QED) is 0.789. The molecule has 0 spiro atoms. The van der Waals surface area contributed by atoms with Gasteiger partial charge < -0.3 is 19.5 Å². The lowest BCUT2D eigenvalue weighted by molar-refractivity contribution is -0.665. The molecule has 1 fully saturated rings. The number of nitrogens with two attached hydrogens (primary N) is 1. The Kier molecular flexibility index (Phi) is 5.92. The maximum atomic E-state index is 12.7. The van der Waals surface area contributed by atoms with Crippen LogP contribution in [0.1, 0.15) is 37.0 Å². The van der Waals surface area contributed by atoms with Crippen LogP contribution >= 0.6 is 15.9 Å². The molecule has 23 heavy (non-hydrogen) atoms. The topological polar surface area (TPSA) is 61.4 Å². The van der Waals surface area contributed by atoms with E-state index in [-0.39, 0.29) is 5.97 Å². The molecule has 128 valence electrons. The third-order valence-electron chi connectivity index (χ3n) is 4.47. The number of ether oxygens (including phenoxy) is 3. The summed E-state index contributed by atoms with van der Waals surface area (Å²) in [5.41, 5.74) is -0.0985. The van der Waals surface area contributed by atoms with E-state index in [0.717, 1.165) is 25.9 Å². The second-order valence-electron chi connectivity index (χ2n) is 6.32. The van der Waals surface area contributed by atoms with E-state index in [1.807, 2.05) is 13.8 Å². The summed E-state index contributed by atoms with van der Waals surface area (Å²) in [7, 11) is 3.10. The number of benzene rings is 1. The van der Waals surface area contributed by atoms with Gasteiger partial charge in [0.1, 0.15) is 22.7 Å². The summed E-state index contributed by atoms with van der Waals surface area (Å²) >= 11 is 3.40. The first-order valence-electron chi connectivity index (χ1n) is 7.85. The van der Waals surface area contributed by atoms with Crippen molar-refractivity contribution in [2.24, 2.45) is 5.92 Å². The molecule has 0 unspecified atom stereocenters. The molecule has 1 heterocycles. The number of carbonyl (C=O) groups excluding carboxylic acids is 1. The van der Waals surface area contributed by atoms with Crippen molar-refractivity contribution in [2.45, 2.75) is 32.3 Å². The number of halogens is 1. The van der Waals surface area contributed by atoms with Crippen molar-refractivity contribution in [1.82, 2.24) is 0 Å². The monoisotopic (exact) mass is 386 g/mol. The highest BCUT2D eigenvalue weighted by Crippen LogP contribution is 2.35. The van der Waals surface area contributed by atoms with Gasteiger partial charge in [0.05, 0.1) is 31.8 Å². The molecule has 0 atom stereocenters. The highest BCUT2D eigenvalue weighted by atomic mass is 79.9. The molecular weight excluding hydrogens is 362 g/mol. The van der Waals surface area contributed by atoms with Gasteiger partial charge in [0.2, 0.25) is 0 Å². The number of methoxy groups -OCH3 is 2. The highest BCUT2D eigenvalue weighted by molar-refractivity contribution is 9.10. The van der Waals surface area contributed by atoms with Crippen molar-refractivity contribution in [1.29, 1.82) is 0 Å². The lowest BCUT2D eigenvalue weighted by atomic mass is 9.83. The predicted octanol–water partition coefficient (Wildman–Crippen LogP) is 2.38. The number of piperidine rings is 1. The van der Waals surface area contributed by atoms with Crippen LogP contribution in [0, 0.1) is 5.92 Å². The standard InChI is InChI=1S/C17H24BrNO4/c1-17(2,11-5-7-19-8-6-11)23-16(20)12-9-13(18)15(22-4)10-14(12)21-3/h9-11,19H,5-8H2,1-4H3/p+1. The van der Waals surface area contributed by atoms with E-state index < -0.39 is 5.60 Å². The molecule has 0 aliphatic carbocycles. The number of hydrogen-bond acceptors (Lipinski definition) is 4. The molecule has 1 saturated heterocycles. The lowest BCUT2D eigenvalue weighted by Gasteiger charge is -2.35. The second-order valence-corrected chi connectivity index (χ2v) is 7.17. The zero-order valence-corrected chi connectivity index (χ0v) is 15.7. The molecule has 0 saturated carbocycles. The lowest BCUT2D eigenvalue weighted by Crippen LogP contribution is -2.86. The van der Waals surface area contributed by atoms with Gasteiger partial charge in [-0.25, -0.2) is 4.79 Å². The molecule has 2 N–H and O–H groups in total. The zero-order chi connectivity index (χ0) is 17.0. The first kappa shape index (κ1) is 18.1. The summed E-state index contributed by atoms with van der Waals surface area (Å²) in [6, 6.07) is 3.37. The van der Waals surface area contributed by atoms with Crippen LogP contribution in [0.15, 0.2) is 16.6 Å². The van der Waals surface area contributed by atoms with Crippen molar-refractivity contribution < 1.29 is 24.3 Å². The maximum absolute atomic E-state index is 12.7. The summed E-state index contributed by atoms with van der Waals surface area (Å²) < 4.78 is 17.1. The summed E-state index contributed by atoms with van der Waals surface area (Å²) in [5, 5.41) is 2.30. The summed E-state index contributed by atoms with van der Waals surface area (Å²) in [6.45, 7) is 6.16. The maximum Gasteiger partial charge on any atom is 0.342 e. The Morgan fingerprint density at radius 2 is 1.78 bits per heavy atom. The van der Waals surface area contributed by atoms with Crippen LogP contribution in [0.4, 0.5) is 0 Å². The Hall–Kier alpha value is -1.27. The number of rotatable bonds is 5. The third-order valence-corrected chi connectivity index (χ3v) is 5.09. The largest absolute Gasteiger partial charge is 0.496 e. The van der Waals surface area contributed by atoms with Gasteiger partial charge in [-0.2, -0.15) is 0 Å². The van der Waals surface area contributed by atoms with Crippen molar-refractivity contribution in [2.75, 3.05) is 27.3 Å². The van der Waals surface area contributed by atoms with E-state index in [2.05, 4.69) is 21.2 Å². The van der Waals surface area contributed by atoms with Gasteiger partial charge in [0.15, 0.2) is 0 Å². The minimum Gasteiger partial charge on any atom is -0.496 e. The Bertz CT molecular complexity index is 568. The molecule has 1 aromatic carbocycles. The van der Waals surface area contributed by atoms with Crippen LogP contribution in [0.3, 0.4) is 0 Å². The van der Waals surface area contributed by atoms with Gasteiger partial charge >= 0.3 is 5.97 Å². The summed E-state index contributed by atoms with van der Waals surface area (Å²) in [4.78, 5) is 12.7. The van der Waals surface area contributed by atoms with E-state index in [9.17, 15) is 4.79 Å². The SMILES string of the molecule is COc1cc(OC)c(C(=O)OC(C)(C)C2CC[NH2+]CC2)cc1Br. The molecule has 1 aliphatic heterocycles. The van der Waals surface area contributed by atoms with Crippen LogP contribution in [-0.4, -0.2) is 38.9 Å².